The Morgan fingerprint density at radius 3 is 2.67 bits per heavy atom. The molecule has 0 saturated carbocycles. The summed E-state index contributed by atoms with van der Waals surface area (Å²) < 4.78 is 0. The number of amides is 2. The summed E-state index contributed by atoms with van der Waals surface area (Å²) in [6, 6.07) is 8.36. The average molecular weight is 327 g/mol. The summed E-state index contributed by atoms with van der Waals surface area (Å²) in [7, 11) is 0. The summed E-state index contributed by atoms with van der Waals surface area (Å²) in [5.41, 5.74) is 2.24. The third-order valence-corrected chi connectivity index (χ3v) is 4.98. The molecule has 2 aromatic rings. The molecule has 2 atom stereocenters. The fourth-order valence-electron chi connectivity index (χ4n) is 3.66. The summed E-state index contributed by atoms with van der Waals surface area (Å²) in [5, 5.41) is 3.94. The Hall–Kier alpha value is -2.30. The zero-order valence-electron chi connectivity index (χ0n) is 14.3. The normalized spacial score (nSPS) is 21.0. The third-order valence-electron chi connectivity index (χ3n) is 4.98. The van der Waals surface area contributed by atoms with Gasteiger partial charge in [-0.15, -0.1) is 0 Å². The highest BCUT2D eigenvalue weighted by Gasteiger charge is 2.32. The van der Waals surface area contributed by atoms with Crippen LogP contribution in [0.5, 0.6) is 0 Å². The van der Waals surface area contributed by atoms with Crippen LogP contribution in [0.3, 0.4) is 0 Å². The van der Waals surface area contributed by atoms with Gasteiger partial charge >= 0.3 is 11.8 Å². The highest BCUT2D eigenvalue weighted by Crippen LogP contribution is 2.22. The summed E-state index contributed by atoms with van der Waals surface area (Å²) in [6.45, 7) is 4.50. The molecule has 1 saturated heterocycles. The summed E-state index contributed by atoms with van der Waals surface area (Å²) in [6.07, 6.45) is 5.73. The van der Waals surface area contributed by atoms with Crippen molar-refractivity contribution in [2.45, 2.75) is 51.6 Å². The van der Waals surface area contributed by atoms with E-state index in [0.29, 0.717) is 13.0 Å². The smallest absolute Gasteiger partial charge is 0.312 e. The maximum atomic E-state index is 12.4. The molecule has 1 fully saturated rings. The van der Waals surface area contributed by atoms with Crippen LogP contribution in [0.4, 0.5) is 0 Å². The van der Waals surface area contributed by atoms with E-state index in [-0.39, 0.29) is 12.1 Å². The lowest BCUT2D eigenvalue weighted by Crippen LogP contribution is -2.53. The van der Waals surface area contributed by atoms with Crippen LogP contribution in [0, 0.1) is 0 Å². The molecule has 0 radical (unpaired) electrons. The van der Waals surface area contributed by atoms with E-state index < -0.39 is 11.8 Å². The molecule has 3 rings (SSSR count). The first-order valence-electron chi connectivity index (χ1n) is 8.73. The minimum Gasteiger partial charge on any atom is -0.361 e. The summed E-state index contributed by atoms with van der Waals surface area (Å²) in [5.74, 6) is -0.885. The number of fused-ring (bicyclic) bond motifs is 1. The molecule has 2 heterocycles. The van der Waals surface area contributed by atoms with Gasteiger partial charge < -0.3 is 15.2 Å². The highest BCUT2D eigenvalue weighted by molar-refractivity contribution is 6.35. The van der Waals surface area contributed by atoms with Crippen LogP contribution in [0.2, 0.25) is 0 Å². The maximum Gasteiger partial charge on any atom is 0.312 e. The monoisotopic (exact) mass is 327 g/mol. The molecule has 2 unspecified atom stereocenters. The topological polar surface area (TPSA) is 65.2 Å². The van der Waals surface area contributed by atoms with Crippen molar-refractivity contribution in [2.75, 3.05) is 6.54 Å². The molecule has 1 aromatic heterocycles. The van der Waals surface area contributed by atoms with Crippen molar-refractivity contribution in [2.24, 2.45) is 0 Å². The van der Waals surface area contributed by atoms with E-state index in [9.17, 15) is 9.59 Å². The van der Waals surface area contributed by atoms with Crippen molar-refractivity contribution in [3.05, 3.63) is 36.0 Å². The number of carbonyl (C=O) groups excluding carboxylic acids is 2. The Labute approximate surface area is 142 Å². The van der Waals surface area contributed by atoms with Crippen molar-refractivity contribution >= 4 is 22.7 Å². The first-order chi connectivity index (χ1) is 11.6. The predicted molar refractivity (Wildman–Crippen MR) is 94.6 cm³/mol. The molecule has 5 heteroatoms. The first-order valence-corrected chi connectivity index (χ1v) is 8.73. The van der Waals surface area contributed by atoms with E-state index in [4.69, 9.17) is 0 Å². The number of piperidine rings is 1. The number of H-pyrrole nitrogens is 1. The number of hydrogen-bond donors (Lipinski definition) is 2. The van der Waals surface area contributed by atoms with Gasteiger partial charge in [-0.25, -0.2) is 0 Å². The fourth-order valence-corrected chi connectivity index (χ4v) is 3.66. The maximum absolute atomic E-state index is 12.4. The standard InChI is InChI=1S/C19H25N3O2/c1-13-6-5-7-14(2)22(13)19(24)18(23)20-11-10-15-12-21-17-9-4-3-8-16(15)17/h3-4,8-9,12-14,21H,5-7,10-11H2,1-2H3,(H,20,23). The average Bonchev–Trinajstić information content (AvgIpc) is 2.98. The van der Waals surface area contributed by atoms with Crippen LogP contribution >= 0.6 is 0 Å². The molecular formula is C19H25N3O2. The van der Waals surface area contributed by atoms with Crippen molar-refractivity contribution in [3.63, 3.8) is 0 Å². The Morgan fingerprint density at radius 2 is 1.92 bits per heavy atom. The lowest BCUT2D eigenvalue weighted by Gasteiger charge is -2.38. The molecule has 0 spiro atoms. The van der Waals surface area contributed by atoms with Gasteiger partial charge in [0.1, 0.15) is 0 Å². The van der Waals surface area contributed by atoms with E-state index in [1.54, 1.807) is 4.90 Å². The molecule has 5 nitrogen and oxygen atoms in total. The van der Waals surface area contributed by atoms with Gasteiger partial charge in [0, 0.05) is 35.7 Å². The Kier molecular flexibility index (Phi) is 4.88. The number of likely N-dealkylation sites (tertiary alicyclic amines) is 1. The van der Waals surface area contributed by atoms with E-state index in [0.717, 1.165) is 35.7 Å². The first kappa shape index (κ1) is 16.6. The SMILES string of the molecule is CC1CCCC(C)N1C(=O)C(=O)NCCc1c[nH]c2ccccc12. The zero-order valence-corrected chi connectivity index (χ0v) is 14.3. The molecule has 1 aromatic carbocycles. The molecule has 2 amide bonds. The molecule has 24 heavy (non-hydrogen) atoms. The highest BCUT2D eigenvalue weighted by atomic mass is 16.2. The number of nitrogens with one attached hydrogen (secondary N) is 2. The van der Waals surface area contributed by atoms with Gasteiger partial charge in [0.15, 0.2) is 0 Å². The lowest BCUT2D eigenvalue weighted by molar-refractivity contribution is -0.150. The van der Waals surface area contributed by atoms with Gasteiger partial charge in [-0.3, -0.25) is 9.59 Å². The van der Waals surface area contributed by atoms with Gasteiger partial charge in [0.2, 0.25) is 0 Å². The largest absolute Gasteiger partial charge is 0.361 e. The van der Waals surface area contributed by atoms with Crippen LogP contribution in [0.15, 0.2) is 30.5 Å². The molecule has 1 aliphatic rings. The number of para-hydroxylation sites is 1. The van der Waals surface area contributed by atoms with Crippen molar-refractivity contribution in [1.82, 2.24) is 15.2 Å². The van der Waals surface area contributed by atoms with Gasteiger partial charge in [-0.1, -0.05) is 18.2 Å². The lowest BCUT2D eigenvalue weighted by atomic mass is 9.97. The van der Waals surface area contributed by atoms with Crippen LogP contribution in [-0.4, -0.2) is 40.3 Å². The van der Waals surface area contributed by atoms with Gasteiger partial charge in [-0.2, -0.15) is 0 Å². The van der Waals surface area contributed by atoms with Gasteiger partial charge in [0.25, 0.3) is 0 Å². The quantitative estimate of drug-likeness (QED) is 0.851. The molecule has 1 aliphatic heterocycles. The van der Waals surface area contributed by atoms with E-state index in [1.807, 2.05) is 38.2 Å². The van der Waals surface area contributed by atoms with Crippen LogP contribution in [-0.2, 0) is 16.0 Å². The van der Waals surface area contributed by atoms with Crippen molar-refractivity contribution in [1.29, 1.82) is 0 Å². The number of carbonyl (C=O) groups is 2. The van der Waals surface area contributed by atoms with Crippen molar-refractivity contribution in [3.8, 4) is 0 Å². The number of rotatable bonds is 3. The Balaban J connectivity index is 1.56. The predicted octanol–water partition coefficient (Wildman–Crippen LogP) is 2.62. The third kappa shape index (κ3) is 3.30. The fraction of sp³-hybridized carbons (Fsp3) is 0.474. The second-order valence-corrected chi connectivity index (χ2v) is 6.71. The van der Waals surface area contributed by atoms with Crippen molar-refractivity contribution < 1.29 is 9.59 Å². The number of hydrogen-bond acceptors (Lipinski definition) is 2. The molecule has 0 aliphatic carbocycles. The minimum absolute atomic E-state index is 0.139. The number of aromatic nitrogens is 1. The van der Waals surface area contributed by atoms with E-state index >= 15 is 0 Å². The Morgan fingerprint density at radius 1 is 1.21 bits per heavy atom. The molecule has 128 valence electrons. The zero-order chi connectivity index (χ0) is 17.1. The number of benzene rings is 1. The van der Waals surface area contributed by atoms with Crippen LogP contribution in [0.25, 0.3) is 10.9 Å². The summed E-state index contributed by atoms with van der Waals surface area (Å²) >= 11 is 0. The Bertz CT molecular complexity index is 727. The number of nitrogens with zero attached hydrogens (tertiary/aromatic N) is 1. The van der Waals surface area contributed by atoms with Gasteiger partial charge in [0.05, 0.1) is 0 Å². The van der Waals surface area contributed by atoms with E-state index in [2.05, 4.69) is 16.4 Å². The summed E-state index contributed by atoms with van der Waals surface area (Å²) in [4.78, 5) is 29.6. The molecule has 0 bridgehead atoms. The molecule has 2 N–H and O–H groups in total. The van der Waals surface area contributed by atoms with Crippen LogP contribution in [0.1, 0.15) is 38.7 Å². The van der Waals surface area contributed by atoms with E-state index in [1.165, 1.54) is 0 Å². The van der Waals surface area contributed by atoms with Crippen LogP contribution < -0.4 is 5.32 Å². The second kappa shape index (κ2) is 7.07. The molecular weight excluding hydrogens is 302 g/mol. The van der Waals surface area contributed by atoms with Gasteiger partial charge in [-0.05, 0) is 51.2 Å². The number of aromatic amines is 1. The minimum atomic E-state index is -0.490. The second-order valence-electron chi connectivity index (χ2n) is 6.71.